The van der Waals surface area contributed by atoms with E-state index in [1.54, 1.807) is 48.5 Å². The molecule has 1 aliphatic carbocycles. The normalized spacial score (nSPS) is 19.1. The van der Waals surface area contributed by atoms with E-state index in [0.29, 0.717) is 6.42 Å². The third-order valence-electron chi connectivity index (χ3n) is 7.32. The summed E-state index contributed by atoms with van der Waals surface area (Å²) in [5, 5.41) is 7.71. The maximum Gasteiger partial charge on any atom is 0.329 e. The molecule has 0 aromatic heterocycles. The van der Waals surface area contributed by atoms with Gasteiger partial charge in [-0.05, 0) is 57.8 Å². The van der Waals surface area contributed by atoms with Gasteiger partial charge in [0.05, 0.1) is 6.04 Å². The van der Waals surface area contributed by atoms with Crippen molar-refractivity contribution in [3.8, 4) is 0 Å². The van der Waals surface area contributed by atoms with Crippen molar-refractivity contribution in [3.05, 3.63) is 0 Å². The average molecular weight is 670 g/mol. The molecule has 0 spiro atoms. The average Bonchev–Trinajstić information content (AvgIpc) is 3.34. The Labute approximate surface area is 284 Å². The van der Waals surface area contributed by atoms with Gasteiger partial charge in [0.1, 0.15) is 23.7 Å². The standard InChI is InChI=1S/C25H43N5O7.C5H10.C3H8.C2H6/c1-12(2)17(28-24(36)29-18(13(3)4)23(35)37-25(7,8)9)22(34)30-11-14(5)10-16(30)21(33)27-15(6)19(31)20(26)32;1-5-3-2-4-5;1-3-2;1-2/h12-18H,10-11H2,1-9H3,(H2,26,32)(H,27,33)(H2,28,29,36);5H,2-4H2,1H3;3H2,1-2H3;1-2H3. The highest BCUT2D eigenvalue weighted by molar-refractivity contribution is 6.37. The zero-order chi connectivity index (χ0) is 37.2. The quantitative estimate of drug-likeness (QED) is 0.192. The van der Waals surface area contributed by atoms with Crippen LogP contribution in [0.25, 0.3) is 0 Å². The van der Waals surface area contributed by atoms with Crippen LogP contribution in [0.4, 0.5) is 4.79 Å². The molecule has 0 bridgehead atoms. The number of nitrogens with two attached hydrogens (primary N) is 1. The number of hydrogen-bond acceptors (Lipinski definition) is 7. The number of nitrogens with one attached hydrogen (secondary N) is 3. The first-order chi connectivity index (χ1) is 21.7. The zero-order valence-electron chi connectivity index (χ0n) is 31.7. The van der Waals surface area contributed by atoms with Crippen molar-refractivity contribution in [2.24, 2.45) is 29.4 Å². The molecule has 2 rings (SSSR count). The summed E-state index contributed by atoms with van der Waals surface area (Å²) in [6.07, 6.45) is 6.06. The topological polar surface area (TPSA) is 177 Å². The number of likely N-dealkylation sites (tertiary alicyclic amines) is 1. The molecule has 0 radical (unpaired) electrons. The van der Waals surface area contributed by atoms with Crippen molar-refractivity contribution in [3.63, 3.8) is 0 Å². The number of rotatable bonds is 10. The summed E-state index contributed by atoms with van der Waals surface area (Å²) in [4.78, 5) is 76.2. The minimum absolute atomic E-state index is 0.0130. The molecule has 1 heterocycles. The Morgan fingerprint density at radius 2 is 1.28 bits per heavy atom. The molecule has 47 heavy (non-hydrogen) atoms. The van der Waals surface area contributed by atoms with Gasteiger partial charge in [0.15, 0.2) is 0 Å². The second-order valence-corrected chi connectivity index (χ2v) is 14.1. The fourth-order valence-electron chi connectivity index (χ4n) is 4.62. The summed E-state index contributed by atoms with van der Waals surface area (Å²) < 4.78 is 5.40. The lowest BCUT2D eigenvalue weighted by Crippen LogP contribution is -2.59. The molecule has 1 saturated carbocycles. The summed E-state index contributed by atoms with van der Waals surface area (Å²) in [5.41, 5.74) is 4.27. The van der Waals surface area contributed by atoms with Crippen LogP contribution in [0.5, 0.6) is 0 Å². The molecule has 274 valence electrons. The smallest absolute Gasteiger partial charge is 0.329 e. The number of Topliss-reactive ketones (excluding diaryl/α,β-unsaturated/α-hetero) is 1. The molecule has 2 fully saturated rings. The van der Waals surface area contributed by atoms with Crippen LogP contribution in [-0.2, 0) is 28.7 Å². The van der Waals surface area contributed by atoms with Crippen molar-refractivity contribution < 1.29 is 33.5 Å². The number of esters is 1. The van der Waals surface area contributed by atoms with Crippen molar-refractivity contribution in [2.75, 3.05) is 6.54 Å². The summed E-state index contributed by atoms with van der Waals surface area (Å²) in [6.45, 7) is 26.3. The zero-order valence-corrected chi connectivity index (χ0v) is 31.7. The minimum atomic E-state index is -1.17. The summed E-state index contributed by atoms with van der Waals surface area (Å²) in [5.74, 6) is -3.31. The summed E-state index contributed by atoms with van der Waals surface area (Å²) in [6, 6.07) is -4.66. The van der Waals surface area contributed by atoms with E-state index in [1.807, 2.05) is 20.8 Å². The van der Waals surface area contributed by atoms with Gasteiger partial charge in [-0.3, -0.25) is 19.2 Å². The van der Waals surface area contributed by atoms with Crippen LogP contribution in [0.15, 0.2) is 0 Å². The van der Waals surface area contributed by atoms with E-state index in [1.165, 1.54) is 37.5 Å². The van der Waals surface area contributed by atoms with E-state index in [4.69, 9.17) is 10.5 Å². The number of amides is 5. The molecular formula is C35H67N5O7. The molecule has 2 aliphatic rings. The van der Waals surface area contributed by atoms with Gasteiger partial charge in [-0.2, -0.15) is 0 Å². The molecule has 12 heteroatoms. The van der Waals surface area contributed by atoms with E-state index in [9.17, 15) is 28.8 Å². The Kier molecular flexibility index (Phi) is 21.9. The van der Waals surface area contributed by atoms with Gasteiger partial charge in [0.25, 0.3) is 5.91 Å². The number of nitrogens with zero attached hydrogens (tertiary/aromatic N) is 1. The number of urea groups is 1. The van der Waals surface area contributed by atoms with Gasteiger partial charge >= 0.3 is 12.0 Å². The van der Waals surface area contributed by atoms with Crippen LogP contribution in [-0.4, -0.2) is 76.7 Å². The monoisotopic (exact) mass is 670 g/mol. The van der Waals surface area contributed by atoms with Crippen molar-refractivity contribution >= 4 is 35.5 Å². The highest BCUT2D eigenvalue weighted by Crippen LogP contribution is 2.26. The molecular weight excluding hydrogens is 602 g/mol. The predicted octanol–water partition coefficient (Wildman–Crippen LogP) is 4.72. The molecule has 5 atom stereocenters. The van der Waals surface area contributed by atoms with Gasteiger partial charge in [-0.25, -0.2) is 9.59 Å². The number of ketones is 1. The predicted molar refractivity (Wildman–Crippen MR) is 186 cm³/mol. The number of carbonyl (C=O) groups is 6. The lowest BCUT2D eigenvalue weighted by Gasteiger charge is -2.32. The largest absolute Gasteiger partial charge is 0.458 e. The van der Waals surface area contributed by atoms with Gasteiger partial charge in [-0.15, -0.1) is 0 Å². The van der Waals surface area contributed by atoms with Gasteiger partial charge in [0.2, 0.25) is 17.6 Å². The van der Waals surface area contributed by atoms with Crippen LogP contribution in [0.1, 0.15) is 129 Å². The lowest BCUT2D eigenvalue weighted by molar-refractivity contribution is -0.158. The van der Waals surface area contributed by atoms with E-state index >= 15 is 0 Å². The minimum Gasteiger partial charge on any atom is -0.458 e. The van der Waals surface area contributed by atoms with E-state index in [2.05, 4.69) is 36.7 Å². The number of ether oxygens (including phenoxy) is 1. The third-order valence-corrected chi connectivity index (χ3v) is 7.32. The fraction of sp³-hybridized carbons (Fsp3) is 0.829. The maximum atomic E-state index is 13.5. The molecule has 1 aliphatic heterocycles. The number of primary amides is 1. The maximum absolute atomic E-state index is 13.5. The first kappa shape index (κ1) is 45.9. The Morgan fingerprint density at radius 1 is 0.830 bits per heavy atom. The van der Waals surface area contributed by atoms with Crippen molar-refractivity contribution in [2.45, 2.75) is 159 Å². The Morgan fingerprint density at radius 3 is 1.64 bits per heavy atom. The first-order valence-corrected chi connectivity index (χ1v) is 17.4. The second kappa shape index (κ2) is 22.4. The Balaban J connectivity index is 0. The number of carbonyl (C=O) groups excluding carboxylic acids is 6. The van der Waals surface area contributed by atoms with Gasteiger partial charge in [0, 0.05) is 6.54 Å². The molecule has 5 unspecified atom stereocenters. The lowest BCUT2D eigenvalue weighted by atomic mass is 9.88. The molecule has 1 saturated heterocycles. The van der Waals surface area contributed by atoms with Gasteiger partial charge in [-0.1, -0.05) is 94.9 Å². The third kappa shape index (κ3) is 17.5. The van der Waals surface area contributed by atoms with Crippen molar-refractivity contribution in [1.29, 1.82) is 0 Å². The fourth-order valence-corrected chi connectivity index (χ4v) is 4.62. The van der Waals surface area contributed by atoms with Crippen LogP contribution in [0.3, 0.4) is 0 Å². The van der Waals surface area contributed by atoms with Crippen LogP contribution < -0.4 is 21.7 Å². The van der Waals surface area contributed by atoms with Crippen LogP contribution in [0, 0.1) is 23.7 Å². The highest BCUT2D eigenvalue weighted by Gasteiger charge is 2.42. The Bertz CT molecular complexity index is 1000. The molecule has 12 nitrogen and oxygen atoms in total. The van der Waals surface area contributed by atoms with Gasteiger partial charge < -0.3 is 31.3 Å². The van der Waals surface area contributed by atoms with Crippen LogP contribution in [0.2, 0.25) is 0 Å². The number of hydrogen-bond donors (Lipinski definition) is 4. The van der Waals surface area contributed by atoms with E-state index < -0.39 is 65.3 Å². The first-order valence-electron chi connectivity index (χ1n) is 17.4. The molecule has 5 amide bonds. The molecule has 0 aromatic carbocycles. The second-order valence-electron chi connectivity index (χ2n) is 14.1. The molecule has 0 aromatic rings. The summed E-state index contributed by atoms with van der Waals surface area (Å²) in [7, 11) is 0. The Hall–Kier alpha value is -3.18. The summed E-state index contributed by atoms with van der Waals surface area (Å²) >= 11 is 0. The highest BCUT2D eigenvalue weighted by atomic mass is 16.6. The van der Waals surface area contributed by atoms with Crippen molar-refractivity contribution in [1.82, 2.24) is 20.9 Å². The van der Waals surface area contributed by atoms with E-state index in [-0.39, 0.29) is 24.3 Å². The SMILES string of the molecule is CC.CC1CC(C(=O)NC(C)C(=O)C(N)=O)N(C(=O)C(NC(=O)NC(C(=O)OC(C)(C)C)C(C)C)C(C)C)C1.CC1CCC1.CCC. The van der Waals surface area contributed by atoms with Crippen LogP contribution >= 0.6 is 0 Å². The molecule has 5 N–H and O–H groups in total. The van der Waals surface area contributed by atoms with E-state index in [0.717, 1.165) is 5.92 Å².